The standard InChI is InChI=1S/C21H22N2O6/c1-13(2)19(23-20(25)14-6-4-3-5-7-14)21(26)27-11-18(24)22-15-8-9-16-17(10-15)29-12-28-16/h3-10,13,19H,11-12H2,1-2H3,(H,22,24)(H,23,25)/t19-/m0/s1. The second-order valence-corrected chi connectivity index (χ2v) is 6.79. The molecule has 0 aromatic heterocycles. The van der Waals surface area contributed by atoms with Crippen molar-refractivity contribution < 1.29 is 28.6 Å². The van der Waals surface area contributed by atoms with Crippen LogP contribution >= 0.6 is 0 Å². The van der Waals surface area contributed by atoms with Gasteiger partial charge in [0.15, 0.2) is 18.1 Å². The Labute approximate surface area is 168 Å². The first kappa shape index (κ1) is 20.2. The first-order chi connectivity index (χ1) is 13.9. The molecule has 0 unspecified atom stereocenters. The Morgan fingerprint density at radius 3 is 2.48 bits per heavy atom. The van der Waals surface area contributed by atoms with Gasteiger partial charge in [-0.1, -0.05) is 32.0 Å². The number of rotatable bonds is 7. The SMILES string of the molecule is CC(C)[C@H](NC(=O)c1ccccc1)C(=O)OCC(=O)Nc1ccc2c(c1)OCO2. The van der Waals surface area contributed by atoms with Crippen LogP contribution < -0.4 is 20.1 Å². The summed E-state index contributed by atoms with van der Waals surface area (Å²) < 4.78 is 15.6. The molecule has 1 atom stereocenters. The first-order valence-electron chi connectivity index (χ1n) is 9.16. The van der Waals surface area contributed by atoms with Gasteiger partial charge < -0.3 is 24.8 Å². The first-order valence-corrected chi connectivity index (χ1v) is 9.16. The fourth-order valence-corrected chi connectivity index (χ4v) is 2.71. The highest BCUT2D eigenvalue weighted by Crippen LogP contribution is 2.34. The van der Waals surface area contributed by atoms with E-state index in [-0.39, 0.29) is 18.6 Å². The lowest BCUT2D eigenvalue weighted by Gasteiger charge is -2.20. The zero-order chi connectivity index (χ0) is 20.8. The van der Waals surface area contributed by atoms with Gasteiger partial charge in [0.1, 0.15) is 6.04 Å². The van der Waals surface area contributed by atoms with E-state index >= 15 is 0 Å². The number of ether oxygens (including phenoxy) is 3. The maximum atomic E-state index is 12.4. The monoisotopic (exact) mass is 398 g/mol. The van der Waals surface area contributed by atoms with E-state index in [2.05, 4.69) is 10.6 Å². The molecule has 0 fully saturated rings. The third kappa shape index (κ3) is 5.25. The summed E-state index contributed by atoms with van der Waals surface area (Å²) in [6.07, 6.45) is 0. The molecule has 2 N–H and O–H groups in total. The van der Waals surface area contributed by atoms with Crippen LogP contribution in [0.15, 0.2) is 48.5 Å². The summed E-state index contributed by atoms with van der Waals surface area (Å²) in [5.74, 6) is -0.649. The van der Waals surface area contributed by atoms with Gasteiger partial charge in [0.2, 0.25) is 6.79 Å². The maximum Gasteiger partial charge on any atom is 0.329 e. The van der Waals surface area contributed by atoms with Crippen LogP contribution in [0.2, 0.25) is 0 Å². The number of nitrogens with one attached hydrogen (secondary N) is 2. The van der Waals surface area contributed by atoms with Crippen molar-refractivity contribution in [2.75, 3.05) is 18.7 Å². The minimum Gasteiger partial charge on any atom is -0.454 e. The van der Waals surface area contributed by atoms with Crippen molar-refractivity contribution in [3.05, 3.63) is 54.1 Å². The number of hydrogen-bond acceptors (Lipinski definition) is 6. The molecule has 0 spiro atoms. The molecule has 1 aliphatic rings. The van der Waals surface area contributed by atoms with Gasteiger partial charge in [-0.05, 0) is 30.2 Å². The van der Waals surface area contributed by atoms with Crippen molar-refractivity contribution in [1.29, 1.82) is 0 Å². The van der Waals surface area contributed by atoms with E-state index in [1.54, 1.807) is 62.4 Å². The molecule has 2 aromatic rings. The van der Waals surface area contributed by atoms with Crippen molar-refractivity contribution in [2.45, 2.75) is 19.9 Å². The normalized spacial score (nSPS) is 12.9. The van der Waals surface area contributed by atoms with Crippen molar-refractivity contribution in [3.8, 4) is 11.5 Å². The summed E-state index contributed by atoms with van der Waals surface area (Å²) in [6.45, 7) is 3.22. The Balaban J connectivity index is 1.53. The summed E-state index contributed by atoms with van der Waals surface area (Å²) in [5.41, 5.74) is 0.930. The van der Waals surface area contributed by atoms with Gasteiger partial charge in [0.05, 0.1) is 0 Å². The van der Waals surface area contributed by atoms with Gasteiger partial charge in [-0.15, -0.1) is 0 Å². The molecule has 8 heteroatoms. The van der Waals surface area contributed by atoms with Crippen molar-refractivity contribution in [3.63, 3.8) is 0 Å². The van der Waals surface area contributed by atoms with E-state index in [1.807, 2.05) is 0 Å². The molecule has 3 rings (SSSR count). The van der Waals surface area contributed by atoms with Crippen LogP contribution in [0.25, 0.3) is 0 Å². The van der Waals surface area contributed by atoms with E-state index in [9.17, 15) is 14.4 Å². The van der Waals surface area contributed by atoms with Crippen molar-refractivity contribution in [2.24, 2.45) is 5.92 Å². The number of benzene rings is 2. The van der Waals surface area contributed by atoms with Crippen LogP contribution in [0.3, 0.4) is 0 Å². The zero-order valence-electron chi connectivity index (χ0n) is 16.1. The zero-order valence-corrected chi connectivity index (χ0v) is 16.1. The fraction of sp³-hybridized carbons (Fsp3) is 0.286. The largest absolute Gasteiger partial charge is 0.454 e. The Kier molecular flexibility index (Phi) is 6.33. The average molecular weight is 398 g/mol. The summed E-state index contributed by atoms with van der Waals surface area (Å²) >= 11 is 0. The highest BCUT2D eigenvalue weighted by atomic mass is 16.7. The Morgan fingerprint density at radius 1 is 1.03 bits per heavy atom. The number of fused-ring (bicyclic) bond motifs is 1. The minimum atomic E-state index is -0.874. The molecule has 0 aliphatic carbocycles. The highest BCUT2D eigenvalue weighted by Gasteiger charge is 2.26. The molecular formula is C21H22N2O6. The third-order valence-electron chi connectivity index (χ3n) is 4.25. The second-order valence-electron chi connectivity index (χ2n) is 6.79. The number of hydrogen-bond donors (Lipinski definition) is 2. The van der Waals surface area contributed by atoms with Crippen molar-refractivity contribution in [1.82, 2.24) is 5.32 Å². The minimum absolute atomic E-state index is 0.135. The third-order valence-corrected chi connectivity index (χ3v) is 4.25. The molecule has 0 radical (unpaired) electrons. The lowest BCUT2D eigenvalue weighted by molar-refractivity contribution is -0.150. The van der Waals surface area contributed by atoms with E-state index in [4.69, 9.17) is 14.2 Å². The van der Waals surface area contributed by atoms with E-state index < -0.39 is 24.5 Å². The van der Waals surface area contributed by atoms with Crippen LogP contribution in [0.4, 0.5) is 5.69 Å². The lowest BCUT2D eigenvalue weighted by Crippen LogP contribution is -2.45. The van der Waals surface area contributed by atoms with E-state index in [0.29, 0.717) is 22.7 Å². The predicted octanol–water partition coefficient (Wildman–Crippen LogP) is 2.35. The molecule has 0 saturated heterocycles. The van der Waals surface area contributed by atoms with Gasteiger partial charge in [-0.25, -0.2) is 4.79 Å². The fourth-order valence-electron chi connectivity index (χ4n) is 2.71. The number of carbonyl (C=O) groups is 3. The van der Waals surface area contributed by atoms with E-state index in [0.717, 1.165) is 0 Å². The molecule has 1 aliphatic heterocycles. The molecule has 29 heavy (non-hydrogen) atoms. The topological polar surface area (TPSA) is 103 Å². The predicted molar refractivity (Wildman–Crippen MR) is 105 cm³/mol. The quantitative estimate of drug-likeness (QED) is 0.694. The summed E-state index contributed by atoms with van der Waals surface area (Å²) in [4.78, 5) is 36.8. The lowest BCUT2D eigenvalue weighted by atomic mass is 10.0. The van der Waals surface area contributed by atoms with Crippen LogP contribution in [-0.4, -0.2) is 37.2 Å². The second kappa shape index (κ2) is 9.09. The number of anilines is 1. The highest BCUT2D eigenvalue weighted by molar-refractivity contribution is 5.97. The summed E-state index contributed by atoms with van der Waals surface area (Å²) in [5, 5.41) is 5.28. The molecule has 1 heterocycles. The van der Waals surface area contributed by atoms with Crippen LogP contribution in [0, 0.1) is 5.92 Å². The average Bonchev–Trinajstić information content (AvgIpc) is 3.18. The number of carbonyl (C=O) groups excluding carboxylic acids is 3. The molecule has 0 bridgehead atoms. The Bertz CT molecular complexity index is 897. The number of esters is 1. The van der Waals surface area contributed by atoms with Gasteiger partial charge in [-0.2, -0.15) is 0 Å². The molecule has 152 valence electrons. The maximum absolute atomic E-state index is 12.4. The van der Waals surface area contributed by atoms with Gasteiger partial charge in [0.25, 0.3) is 11.8 Å². The van der Waals surface area contributed by atoms with Crippen LogP contribution in [0.1, 0.15) is 24.2 Å². The number of amides is 2. The molecule has 2 amide bonds. The summed E-state index contributed by atoms with van der Waals surface area (Å²) in [7, 11) is 0. The Hall–Kier alpha value is -3.55. The van der Waals surface area contributed by atoms with Gasteiger partial charge in [0, 0.05) is 17.3 Å². The smallest absolute Gasteiger partial charge is 0.329 e. The molecular weight excluding hydrogens is 376 g/mol. The van der Waals surface area contributed by atoms with E-state index in [1.165, 1.54) is 0 Å². The van der Waals surface area contributed by atoms with Crippen LogP contribution in [0.5, 0.6) is 11.5 Å². The molecule has 8 nitrogen and oxygen atoms in total. The van der Waals surface area contributed by atoms with Crippen LogP contribution in [-0.2, 0) is 14.3 Å². The summed E-state index contributed by atoms with van der Waals surface area (Å²) in [6, 6.07) is 12.6. The Morgan fingerprint density at radius 2 is 1.76 bits per heavy atom. The molecule has 2 aromatic carbocycles. The molecule has 0 saturated carbocycles. The van der Waals surface area contributed by atoms with Crippen molar-refractivity contribution >= 4 is 23.5 Å². The van der Waals surface area contributed by atoms with Gasteiger partial charge in [-0.3, -0.25) is 9.59 Å². The van der Waals surface area contributed by atoms with Gasteiger partial charge >= 0.3 is 5.97 Å².